The van der Waals surface area contributed by atoms with Gasteiger partial charge in [0.15, 0.2) is 0 Å². The Morgan fingerprint density at radius 3 is 2.88 bits per heavy atom. The normalized spacial score (nSPS) is 19.6. The molecule has 3 heterocycles. The van der Waals surface area contributed by atoms with Crippen LogP contribution < -0.4 is 5.32 Å². The summed E-state index contributed by atoms with van der Waals surface area (Å²) < 4.78 is 12.6. The van der Waals surface area contributed by atoms with Crippen LogP contribution in [0.1, 0.15) is 21.8 Å². The molecule has 3 aromatic rings. The number of rotatable bonds is 5. The first-order valence-corrected chi connectivity index (χ1v) is 8.45. The van der Waals surface area contributed by atoms with Gasteiger partial charge in [-0.1, -0.05) is 11.2 Å². The van der Waals surface area contributed by atoms with E-state index in [1.165, 1.54) is 0 Å². The topological polar surface area (TPSA) is 95.1 Å². The molecule has 2 aromatic heterocycles. The molecule has 134 valence electrons. The van der Waals surface area contributed by atoms with Crippen molar-refractivity contribution in [3.8, 4) is 5.69 Å². The molecular formula is C18H19N5O3. The number of benzene rings is 1. The van der Waals surface area contributed by atoms with Crippen LogP contribution in [-0.2, 0) is 11.2 Å². The second-order valence-corrected chi connectivity index (χ2v) is 6.44. The summed E-state index contributed by atoms with van der Waals surface area (Å²) in [6.45, 7) is 2.97. The maximum Gasteiger partial charge on any atom is 0.251 e. The molecule has 0 aliphatic carbocycles. The third-order valence-corrected chi connectivity index (χ3v) is 4.48. The van der Waals surface area contributed by atoms with E-state index in [1.807, 2.05) is 31.2 Å². The van der Waals surface area contributed by atoms with E-state index in [4.69, 9.17) is 9.26 Å². The quantitative estimate of drug-likeness (QED) is 0.748. The van der Waals surface area contributed by atoms with Crippen LogP contribution in [0.5, 0.6) is 0 Å². The number of hydrogen-bond donors (Lipinski definition) is 1. The van der Waals surface area contributed by atoms with Crippen molar-refractivity contribution in [2.45, 2.75) is 19.4 Å². The van der Waals surface area contributed by atoms with E-state index in [1.54, 1.807) is 23.3 Å². The van der Waals surface area contributed by atoms with Crippen molar-refractivity contribution in [2.24, 2.45) is 5.92 Å². The van der Waals surface area contributed by atoms with E-state index in [0.717, 1.165) is 17.1 Å². The Kier molecular flexibility index (Phi) is 4.49. The molecule has 1 fully saturated rings. The predicted octanol–water partition coefficient (Wildman–Crippen LogP) is 1.55. The van der Waals surface area contributed by atoms with Gasteiger partial charge in [0.1, 0.15) is 18.4 Å². The summed E-state index contributed by atoms with van der Waals surface area (Å²) in [5, 5.41) is 14.6. The molecule has 0 unspecified atom stereocenters. The lowest BCUT2D eigenvalue weighted by Gasteiger charge is -2.18. The predicted molar refractivity (Wildman–Crippen MR) is 91.9 cm³/mol. The number of nitrogens with one attached hydrogen (secondary N) is 1. The summed E-state index contributed by atoms with van der Waals surface area (Å²) >= 11 is 0. The molecule has 4 rings (SSSR count). The third kappa shape index (κ3) is 3.50. The Morgan fingerprint density at radius 1 is 1.27 bits per heavy atom. The van der Waals surface area contributed by atoms with E-state index in [-0.39, 0.29) is 17.9 Å². The zero-order chi connectivity index (χ0) is 17.9. The fraction of sp³-hybridized carbons (Fsp3) is 0.333. The zero-order valence-electron chi connectivity index (χ0n) is 14.3. The Morgan fingerprint density at radius 2 is 2.12 bits per heavy atom. The number of aromatic nitrogens is 4. The summed E-state index contributed by atoms with van der Waals surface area (Å²) in [5.74, 6) is 0.841. The molecule has 0 spiro atoms. The number of aryl methyl sites for hydroxylation is 1. The number of ether oxygens (including phenoxy) is 1. The molecule has 0 saturated carbocycles. The van der Waals surface area contributed by atoms with Crippen molar-refractivity contribution < 1.29 is 14.1 Å². The maximum atomic E-state index is 12.7. The van der Waals surface area contributed by atoms with Crippen LogP contribution in [0.3, 0.4) is 0 Å². The van der Waals surface area contributed by atoms with Gasteiger partial charge >= 0.3 is 0 Å². The summed E-state index contributed by atoms with van der Waals surface area (Å²) in [6, 6.07) is 9.18. The van der Waals surface area contributed by atoms with Gasteiger partial charge in [0.2, 0.25) is 0 Å². The largest absolute Gasteiger partial charge is 0.379 e. The second-order valence-electron chi connectivity index (χ2n) is 6.44. The van der Waals surface area contributed by atoms with Gasteiger partial charge in [-0.2, -0.15) is 0 Å². The molecule has 8 nitrogen and oxygen atoms in total. The number of carbonyl (C=O) groups is 1. The molecule has 1 saturated heterocycles. The average Bonchev–Trinajstić information content (AvgIpc) is 3.39. The van der Waals surface area contributed by atoms with Crippen molar-refractivity contribution in [1.82, 2.24) is 25.2 Å². The highest BCUT2D eigenvalue weighted by Gasteiger charge is 2.31. The van der Waals surface area contributed by atoms with Gasteiger partial charge < -0.3 is 14.6 Å². The molecule has 1 aliphatic heterocycles. The number of amides is 1. The van der Waals surface area contributed by atoms with Crippen LogP contribution in [0, 0.1) is 12.8 Å². The van der Waals surface area contributed by atoms with E-state index in [0.29, 0.717) is 25.2 Å². The molecule has 1 aromatic carbocycles. The third-order valence-electron chi connectivity index (χ3n) is 4.48. The van der Waals surface area contributed by atoms with Gasteiger partial charge in [-0.05, 0) is 25.1 Å². The first kappa shape index (κ1) is 16.5. The van der Waals surface area contributed by atoms with Crippen LogP contribution in [0.15, 0.2) is 47.5 Å². The van der Waals surface area contributed by atoms with Gasteiger partial charge in [-0.15, -0.1) is 10.2 Å². The molecule has 26 heavy (non-hydrogen) atoms. The summed E-state index contributed by atoms with van der Waals surface area (Å²) in [4.78, 5) is 12.7. The van der Waals surface area contributed by atoms with Gasteiger partial charge in [0.25, 0.3) is 5.91 Å². The first-order valence-electron chi connectivity index (χ1n) is 8.45. The van der Waals surface area contributed by atoms with Crippen LogP contribution in [-0.4, -0.2) is 45.1 Å². The van der Waals surface area contributed by atoms with Crippen molar-refractivity contribution >= 4 is 5.91 Å². The Hall–Kier alpha value is -3.00. The molecule has 0 bridgehead atoms. The average molecular weight is 353 g/mol. The lowest BCUT2D eigenvalue weighted by molar-refractivity contribution is 0.0924. The maximum absolute atomic E-state index is 12.7. The highest BCUT2D eigenvalue weighted by atomic mass is 16.5. The van der Waals surface area contributed by atoms with E-state index < -0.39 is 0 Å². The minimum absolute atomic E-state index is 0.0635. The van der Waals surface area contributed by atoms with Gasteiger partial charge in [-0.3, -0.25) is 9.36 Å². The van der Waals surface area contributed by atoms with Crippen molar-refractivity contribution in [3.63, 3.8) is 0 Å². The molecule has 1 N–H and O–H groups in total. The van der Waals surface area contributed by atoms with Gasteiger partial charge in [0, 0.05) is 29.7 Å². The molecule has 1 aliphatic rings. The van der Waals surface area contributed by atoms with E-state index in [2.05, 4.69) is 20.7 Å². The van der Waals surface area contributed by atoms with Crippen molar-refractivity contribution in [2.75, 3.05) is 13.2 Å². The molecule has 0 radical (unpaired) electrons. The molecule has 1 amide bonds. The summed E-state index contributed by atoms with van der Waals surface area (Å²) in [5.41, 5.74) is 2.27. The molecule has 8 heteroatoms. The lowest BCUT2D eigenvalue weighted by Crippen LogP contribution is -2.40. The number of nitrogens with zero attached hydrogens (tertiary/aromatic N) is 4. The van der Waals surface area contributed by atoms with E-state index >= 15 is 0 Å². The van der Waals surface area contributed by atoms with Gasteiger partial charge in [-0.25, -0.2) is 0 Å². The van der Waals surface area contributed by atoms with Crippen molar-refractivity contribution in [3.05, 3.63) is 60.0 Å². The molecule has 2 atom stereocenters. The Labute approximate surface area is 150 Å². The van der Waals surface area contributed by atoms with Crippen LogP contribution in [0.4, 0.5) is 0 Å². The Bertz CT molecular complexity index is 890. The number of carbonyl (C=O) groups excluding carboxylic acids is 1. The van der Waals surface area contributed by atoms with Crippen LogP contribution in [0.25, 0.3) is 5.69 Å². The van der Waals surface area contributed by atoms with Gasteiger partial charge in [0.05, 0.1) is 24.9 Å². The second kappa shape index (κ2) is 7.09. The monoisotopic (exact) mass is 353 g/mol. The number of hydrogen-bond acceptors (Lipinski definition) is 6. The van der Waals surface area contributed by atoms with Crippen LogP contribution >= 0.6 is 0 Å². The Balaban J connectivity index is 1.44. The first-order chi connectivity index (χ1) is 12.7. The molecular weight excluding hydrogens is 334 g/mol. The van der Waals surface area contributed by atoms with Crippen LogP contribution in [0.2, 0.25) is 0 Å². The lowest BCUT2D eigenvalue weighted by atomic mass is 9.97. The summed E-state index contributed by atoms with van der Waals surface area (Å²) in [6.07, 6.45) is 3.88. The highest BCUT2D eigenvalue weighted by Crippen LogP contribution is 2.20. The smallest absolute Gasteiger partial charge is 0.251 e. The highest BCUT2D eigenvalue weighted by molar-refractivity contribution is 5.95. The standard InChI is InChI=1S/C18H19N5O3/c1-12-5-16(26-22-12)7-14-8-25-9-17(14)21-18(24)13-3-2-4-15(6-13)23-10-19-20-11-23/h2-6,10-11,14,17H,7-9H2,1H3,(H,21,24)/t14-,17+/m1/s1. The minimum Gasteiger partial charge on any atom is -0.379 e. The summed E-state index contributed by atoms with van der Waals surface area (Å²) in [7, 11) is 0. The fourth-order valence-electron chi connectivity index (χ4n) is 3.12. The minimum atomic E-state index is -0.130. The van der Waals surface area contributed by atoms with E-state index in [9.17, 15) is 4.79 Å². The zero-order valence-corrected chi connectivity index (χ0v) is 14.3. The fourth-order valence-corrected chi connectivity index (χ4v) is 3.12. The SMILES string of the molecule is Cc1cc(C[C@@H]2COC[C@@H]2NC(=O)c2cccc(-n3cnnc3)c2)on1. The van der Waals surface area contributed by atoms with Crippen molar-refractivity contribution in [1.29, 1.82) is 0 Å².